The molecule has 0 aliphatic heterocycles. The Morgan fingerprint density at radius 1 is 1.00 bits per heavy atom. The van der Waals surface area contributed by atoms with Gasteiger partial charge in [-0.3, -0.25) is 9.59 Å². The summed E-state index contributed by atoms with van der Waals surface area (Å²) in [6.45, 7) is 1.90. The third-order valence-corrected chi connectivity index (χ3v) is 5.20. The number of nitrogens with one attached hydrogen (secondary N) is 1. The molecule has 0 radical (unpaired) electrons. The molecule has 2 aromatic carbocycles. The molecule has 0 aliphatic rings. The predicted molar refractivity (Wildman–Crippen MR) is 124 cm³/mol. The van der Waals surface area contributed by atoms with Gasteiger partial charge in [0.1, 0.15) is 0 Å². The Hall–Kier alpha value is -2.44. The number of amides is 1. The highest BCUT2D eigenvalue weighted by Crippen LogP contribution is 2.19. The number of benzene rings is 2. The number of hydrogen-bond donors (Lipinski definition) is 2. The van der Waals surface area contributed by atoms with Crippen LogP contribution in [0.4, 0.5) is 0 Å². The third-order valence-electron chi connectivity index (χ3n) is 5.20. The van der Waals surface area contributed by atoms with Gasteiger partial charge in [0, 0.05) is 19.6 Å². The van der Waals surface area contributed by atoms with E-state index in [2.05, 4.69) is 47.8 Å². The maximum absolute atomic E-state index is 12.1. The number of ether oxygens (including phenoxy) is 1. The second-order valence-corrected chi connectivity index (χ2v) is 8.33. The van der Waals surface area contributed by atoms with Crippen LogP contribution in [0.2, 0.25) is 0 Å². The van der Waals surface area contributed by atoms with Gasteiger partial charge in [-0.25, -0.2) is 0 Å². The quantitative estimate of drug-likeness (QED) is 0.415. The van der Waals surface area contributed by atoms with Gasteiger partial charge in [-0.2, -0.15) is 0 Å². The van der Waals surface area contributed by atoms with Crippen molar-refractivity contribution >= 4 is 22.6 Å². The van der Waals surface area contributed by atoms with Gasteiger partial charge >= 0.3 is 5.97 Å². The molecule has 0 bridgehead atoms. The number of carboxylic acids is 1. The van der Waals surface area contributed by atoms with Gasteiger partial charge in [-0.1, -0.05) is 61.7 Å². The first-order valence-corrected chi connectivity index (χ1v) is 11.2. The van der Waals surface area contributed by atoms with E-state index in [9.17, 15) is 9.59 Å². The Labute approximate surface area is 185 Å². The van der Waals surface area contributed by atoms with E-state index in [1.54, 1.807) is 0 Å². The SMILES string of the molecule is CN(C)C[C@@H](CC(=O)O)NC(=O)CCCCCCCOCc1cccc2ccccc12. The fraction of sp³-hybridized carbons (Fsp3) is 0.520. The summed E-state index contributed by atoms with van der Waals surface area (Å²) in [5, 5.41) is 14.3. The van der Waals surface area contributed by atoms with E-state index in [4.69, 9.17) is 9.84 Å². The lowest BCUT2D eigenvalue weighted by atomic mass is 10.1. The molecule has 6 heteroatoms. The number of carbonyl (C=O) groups excluding carboxylic acids is 1. The highest BCUT2D eigenvalue weighted by Gasteiger charge is 2.16. The standard InChI is InChI=1S/C25H36N2O4/c1-27(2)18-22(17-25(29)30)26-24(28)15-6-4-3-5-9-16-31-19-21-13-10-12-20-11-7-8-14-23(20)21/h7-8,10-14,22H,3-6,9,15-19H2,1-2H3,(H,26,28)(H,29,30)/t22-/m1/s1. The number of hydrogen-bond acceptors (Lipinski definition) is 4. The summed E-state index contributed by atoms with van der Waals surface area (Å²) in [6, 6.07) is 14.3. The van der Waals surface area contributed by atoms with Crippen molar-refractivity contribution in [1.82, 2.24) is 10.2 Å². The van der Waals surface area contributed by atoms with Crippen molar-refractivity contribution in [3.8, 4) is 0 Å². The first-order chi connectivity index (χ1) is 15.0. The smallest absolute Gasteiger partial charge is 0.305 e. The van der Waals surface area contributed by atoms with Crippen LogP contribution in [0.25, 0.3) is 10.8 Å². The highest BCUT2D eigenvalue weighted by molar-refractivity contribution is 5.85. The molecule has 6 nitrogen and oxygen atoms in total. The number of aliphatic carboxylic acids is 1. The summed E-state index contributed by atoms with van der Waals surface area (Å²) in [4.78, 5) is 24.9. The van der Waals surface area contributed by atoms with E-state index < -0.39 is 5.97 Å². The molecule has 0 fully saturated rings. The third kappa shape index (κ3) is 9.94. The largest absolute Gasteiger partial charge is 0.481 e. The second-order valence-electron chi connectivity index (χ2n) is 8.33. The Balaban J connectivity index is 1.53. The lowest BCUT2D eigenvalue weighted by Crippen LogP contribution is -2.42. The summed E-state index contributed by atoms with van der Waals surface area (Å²) in [5.74, 6) is -0.957. The Morgan fingerprint density at radius 3 is 2.48 bits per heavy atom. The van der Waals surface area contributed by atoms with Crippen LogP contribution in [0, 0.1) is 0 Å². The van der Waals surface area contributed by atoms with Gasteiger partial charge in [-0.05, 0) is 43.3 Å². The summed E-state index contributed by atoms with van der Waals surface area (Å²) in [5.41, 5.74) is 1.22. The minimum absolute atomic E-state index is 0.0529. The zero-order valence-electron chi connectivity index (χ0n) is 18.8. The van der Waals surface area contributed by atoms with Crippen LogP contribution < -0.4 is 5.32 Å². The van der Waals surface area contributed by atoms with Crippen LogP contribution in [0.5, 0.6) is 0 Å². The van der Waals surface area contributed by atoms with Crippen LogP contribution in [0.15, 0.2) is 42.5 Å². The van der Waals surface area contributed by atoms with Crippen LogP contribution in [-0.2, 0) is 20.9 Å². The summed E-state index contributed by atoms with van der Waals surface area (Å²) in [6.07, 6.45) is 5.38. The van der Waals surface area contributed by atoms with Crippen molar-refractivity contribution in [2.75, 3.05) is 27.2 Å². The van der Waals surface area contributed by atoms with E-state index in [1.165, 1.54) is 16.3 Å². The van der Waals surface area contributed by atoms with Gasteiger partial charge in [0.2, 0.25) is 5.91 Å². The lowest BCUT2D eigenvalue weighted by molar-refractivity contribution is -0.137. The Bertz CT molecular complexity index is 817. The summed E-state index contributed by atoms with van der Waals surface area (Å²) < 4.78 is 5.86. The number of unbranched alkanes of at least 4 members (excludes halogenated alkanes) is 4. The number of likely N-dealkylation sites (N-methyl/N-ethyl adjacent to an activating group) is 1. The first-order valence-electron chi connectivity index (χ1n) is 11.2. The number of fused-ring (bicyclic) bond motifs is 1. The van der Waals surface area contributed by atoms with E-state index >= 15 is 0 Å². The molecule has 0 unspecified atom stereocenters. The molecular weight excluding hydrogens is 392 g/mol. The molecule has 0 saturated heterocycles. The van der Waals surface area contributed by atoms with Crippen molar-refractivity contribution in [3.05, 3.63) is 48.0 Å². The van der Waals surface area contributed by atoms with Crippen LogP contribution >= 0.6 is 0 Å². The fourth-order valence-corrected chi connectivity index (χ4v) is 3.73. The number of nitrogens with zero attached hydrogens (tertiary/aromatic N) is 1. The normalized spacial score (nSPS) is 12.2. The molecule has 2 N–H and O–H groups in total. The van der Waals surface area contributed by atoms with Gasteiger partial charge < -0.3 is 20.1 Å². The molecule has 0 heterocycles. The van der Waals surface area contributed by atoms with Crippen molar-refractivity contribution in [2.45, 2.75) is 57.6 Å². The van der Waals surface area contributed by atoms with E-state index in [0.29, 0.717) is 19.6 Å². The number of rotatable bonds is 15. The van der Waals surface area contributed by atoms with Crippen LogP contribution in [0.3, 0.4) is 0 Å². The van der Waals surface area contributed by atoms with E-state index in [1.807, 2.05) is 19.0 Å². The Morgan fingerprint density at radius 2 is 1.71 bits per heavy atom. The van der Waals surface area contributed by atoms with Crippen molar-refractivity contribution in [2.24, 2.45) is 0 Å². The van der Waals surface area contributed by atoms with Crippen molar-refractivity contribution in [3.63, 3.8) is 0 Å². The van der Waals surface area contributed by atoms with E-state index in [0.717, 1.165) is 38.7 Å². The van der Waals surface area contributed by atoms with Gasteiger partial charge in [0.25, 0.3) is 0 Å². The molecule has 0 spiro atoms. The molecule has 2 rings (SSSR count). The maximum atomic E-state index is 12.1. The first kappa shape index (κ1) is 24.8. The molecule has 170 valence electrons. The van der Waals surface area contributed by atoms with E-state index in [-0.39, 0.29) is 18.4 Å². The minimum atomic E-state index is -0.894. The zero-order chi connectivity index (χ0) is 22.5. The number of carbonyl (C=O) groups is 2. The van der Waals surface area contributed by atoms with Crippen LogP contribution in [0.1, 0.15) is 50.5 Å². The van der Waals surface area contributed by atoms with Gasteiger partial charge in [-0.15, -0.1) is 0 Å². The lowest BCUT2D eigenvalue weighted by Gasteiger charge is -2.20. The van der Waals surface area contributed by atoms with Gasteiger partial charge in [0.05, 0.1) is 19.1 Å². The highest BCUT2D eigenvalue weighted by atomic mass is 16.5. The Kier molecular flexibility index (Phi) is 11.0. The average Bonchev–Trinajstić information content (AvgIpc) is 2.71. The summed E-state index contributed by atoms with van der Waals surface area (Å²) >= 11 is 0. The summed E-state index contributed by atoms with van der Waals surface area (Å²) in [7, 11) is 3.74. The molecule has 0 saturated carbocycles. The van der Waals surface area contributed by atoms with Crippen molar-refractivity contribution < 1.29 is 19.4 Å². The predicted octanol–water partition coefficient (Wildman–Crippen LogP) is 4.22. The van der Waals surface area contributed by atoms with Crippen molar-refractivity contribution in [1.29, 1.82) is 0 Å². The molecule has 1 amide bonds. The molecular formula is C25H36N2O4. The molecule has 0 aromatic heterocycles. The zero-order valence-corrected chi connectivity index (χ0v) is 18.8. The maximum Gasteiger partial charge on any atom is 0.305 e. The molecule has 31 heavy (non-hydrogen) atoms. The minimum Gasteiger partial charge on any atom is -0.481 e. The van der Waals surface area contributed by atoms with Gasteiger partial charge in [0.15, 0.2) is 0 Å². The second kappa shape index (κ2) is 13.8. The molecule has 0 aliphatic carbocycles. The monoisotopic (exact) mass is 428 g/mol. The number of carboxylic acid groups (broad SMARTS) is 1. The molecule has 2 aromatic rings. The molecule has 1 atom stereocenters. The topological polar surface area (TPSA) is 78.9 Å². The fourth-order valence-electron chi connectivity index (χ4n) is 3.73. The van der Waals surface area contributed by atoms with Crippen LogP contribution in [-0.4, -0.2) is 55.2 Å². The average molecular weight is 429 g/mol.